The standard InChI is InChI=1S/C23H24ClN7O/c1-4-13-30-17(14-16(2)27-30)15-29(3)23(32)21-22(19-10-7-8-12-25-19)31(28-26-21)20-11-6-5-9-18(20)24/h5-12,14H,4,13,15H2,1-3H3. The predicted molar refractivity (Wildman–Crippen MR) is 123 cm³/mol. The van der Waals surface area contributed by atoms with Crippen LogP contribution in [0.15, 0.2) is 54.7 Å². The molecular weight excluding hydrogens is 426 g/mol. The minimum atomic E-state index is -0.258. The number of aromatic nitrogens is 6. The number of pyridine rings is 1. The first-order chi connectivity index (χ1) is 15.5. The molecule has 0 N–H and O–H groups in total. The Balaban J connectivity index is 1.73. The Hall–Kier alpha value is -3.52. The van der Waals surface area contributed by atoms with Gasteiger partial charge in [-0.1, -0.05) is 41.9 Å². The van der Waals surface area contributed by atoms with Gasteiger partial charge in [-0.05, 0) is 43.7 Å². The number of benzene rings is 1. The molecule has 0 aliphatic heterocycles. The van der Waals surface area contributed by atoms with Crippen molar-refractivity contribution in [3.8, 4) is 17.1 Å². The number of carbonyl (C=O) groups excluding carboxylic acids is 1. The number of aryl methyl sites for hydroxylation is 2. The fourth-order valence-corrected chi connectivity index (χ4v) is 3.79. The number of hydrogen-bond acceptors (Lipinski definition) is 5. The van der Waals surface area contributed by atoms with Crippen LogP contribution in [0, 0.1) is 6.92 Å². The number of amides is 1. The number of rotatable bonds is 7. The van der Waals surface area contributed by atoms with Crippen molar-refractivity contribution in [2.75, 3.05) is 7.05 Å². The number of nitrogens with zero attached hydrogens (tertiary/aromatic N) is 7. The molecular formula is C23H24ClN7O. The molecule has 4 rings (SSSR count). The van der Waals surface area contributed by atoms with Gasteiger partial charge in [0.05, 0.1) is 34.3 Å². The lowest BCUT2D eigenvalue weighted by Gasteiger charge is -2.17. The zero-order valence-electron chi connectivity index (χ0n) is 18.2. The molecule has 0 atom stereocenters. The van der Waals surface area contributed by atoms with Crippen molar-refractivity contribution in [2.24, 2.45) is 0 Å². The Bertz CT molecular complexity index is 1230. The van der Waals surface area contributed by atoms with Gasteiger partial charge in [-0.25, -0.2) is 4.68 Å². The third kappa shape index (κ3) is 4.27. The monoisotopic (exact) mass is 449 g/mol. The third-order valence-electron chi connectivity index (χ3n) is 5.03. The van der Waals surface area contributed by atoms with E-state index in [1.54, 1.807) is 28.9 Å². The van der Waals surface area contributed by atoms with Crippen molar-refractivity contribution in [3.05, 3.63) is 76.8 Å². The van der Waals surface area contributed by atoms with Crippen LogP contribution in [0.1, 0.15) is 35.2 Å². The van der Waals surface area contributed by atoms with Crippen LogP contribution in [-0.4, -0.2) is 47.6 Å². The summed E-state index contributed by atoms with van der Waals surface area (Å²) >= 11 is 6.41. The summed E-state index contributed by atoms with van der Waals surface area (Å²) in [5.74, 6) is -0.258. The second kappa shape index (κ2) is 9.32. The molecule has 0 aliphatic rings. The molecule has 4 aromatic rings. The van der Waals surface area contributed by atoms with E-state index in [0.29, 0.717) is 28.6 Å². The van der Waals surface area contributed by atoms with E-state index in [1.807, 2.05) is 54.1 Å². The lowest BCUT2D eigenvalue weighted by molar-refractivity contribution is 0.0776. The van der Waals surface area contributed by atoms with E-state index < -0.39 is 0 Å². The average molecular weight is 450 g/mol. The largest absolute Gasteiger partial charge is 0.334 e. The first-order valence-corrected chi connectivity index (χ1v) is 10.8. The second-order valence-corrected chi connectivity index (χ2v) is 7.93. The molecule has 0 saturated heterocycles. The van der Waals surface area contributed by atoms with Crippen LogP contribution in [0.4, 0.5) is 0 Å². The molecule has 3 aromatic heterocycles. The predicted octanol–water partition coefficient (Wildman–Crippen LogP) is 4.17. The van der Waals surface area contributed by atoms with E-state index in [2.05, 4.69) is 27.3 Å². The molecule has 8 nitrogen and oxygen atoms in total. The molecule has 1 aromatic carbocycles. The zero-order valence-corrected chi connectivity index (χ0v) is 19.0. The van der Waals surface area contributed by atoms with Crippen LogP contribution in [0.25, 0.3) is 17.1 Å². The summed E-state index contributed by atoms with van der Waals surface area (Å²) in [6.07, 6.45) is 2.63. The molecule has 9 heteroatoms. The van der Waals surface area contributed by atoms with Gasteiger partial charge < -0.3 is 4.90 Å². The molecule has 0 unspecified atom stereocenters. The normalized spacial score (nSPS) is 11.0. The highest BCUT2D eigenvalue weighted by Gasteiger charge is 2.26. The van der Waals surface area contributed by atoms with Gasteiger partial charge in [0, 0.05) is 19.8 Å². The van der Waals surface area contributed by atoms with E-state index in [9.17, 15) is 4.79 Å². The number of hydrogen-bond donors (Lipinski definition) is 0. The maximum absolute atomic E-state index is 13.5. The Labute approximate surface area is 191 Å². The maximum Gasteiger partial charge on any atom is 0.276 e. The van der Waals surface area contributed by atoms with Crippen LogP contribution in [-0.2, 0) is 13.1 Å². The lowest BCUT2D eigenvalue weighted by atomic mass is 10.2. The van der Waals surface area contributed by atoms with Crippen LogP contribution >= 0.6 is 11.6 Å². The molecule has 0 spiro atoms. The highest BCUT2D eigenvalue weighted by Crippen LogP contribution is 2.28. The molecule has 0 bridgehead atoms. The number of para-hydroxylation sites is 1. The first kappa shape index (κ1) is 21.7. The highest BCUT2D eigenvalue weighted by atomic mass is 35.5. The molecule has 0 aliphatic carbocycles. The Morgan fingerprint density at radius 1 is 1.16 bits per heavy atom. The van der Waals surface area contributed by atoms with E-state index in [-0.39, 0.29) is 11.6 Å². The van der Waals surface area contributed by atoms with E-state index >= 15 is 0 Å². The summed E-state index contributed by atoms with van der Waals surface area (Å²) in [5.41, 5.74) is 3.81. The van der Waals surface area contributed by atoms with Gasteiger partial charge in [0.1, 0.15) is 5.69 Å². The fourth-order valence-electron chi connectivity index (χ4n) is 3.58. The van der Waals surface area contributed by atoms with Gasteiger partial charge >= 0.3 is 0 Å². The van der Waals surface area contributed by atoms with E-state index in [4.69, 9.17) is 11.6 Å². The minimum Gasteiger partial charge on any atom is -0.334 e. The molecule has 0 saturated carbocycles. The van der Waals surface area contributed by atoms with E-state index in [1.165, 1.54) is 0 Å². The summed E-state index contributed by atoms with van der Waals surface area (Å²) < 4.78 is 3.51. The lowest BCUT2D eigenvalue weighted by Crippen LogP contribution is -2.28. The molecule has 164 valence electrons. The van der Waals surface area contributed by atoms with Gasteiger partial charge in [0.15, 0.2) is 5.69 Å². The molecule has 32 heavy (non-hydrogen) atoms. The van der Waals surface area contributed by atoms with Gasteiger partial charge in [0.25, 0.3) is 5.91 Å². The summed E-state index contributed by atoms with van der Waals surface area (Å²) in [6, 6.07) is 14.8. The molecule has 1 amide bonds. The van der Waals surface area contributed by atoms with Crippen LogP contribution in [0.3, 0.4) is 0 Å². The van der Waals surface area contributed by atoms with Crippen molar-refractivity contribution in [1.29, 1.82) is 0 Å². The third-order valence-corrected chi connectivity index (χ3v) is 5.35. The van der Waals surface area contributed by atoms with Crippen molar-refractivity contribution in [2.45, 2.75) is 33.4 Å². The van der Waals surface area contributed by atoms with Crippen molar-refractivity contribution in [3.63, 3.8) is 0 Å². The highest BCUT2D eigenvalue weighted by molar-refractivity contribution is 6.32. The Kier molecular flexibility index (Phi) is 6.32. The summed E-state index contributed by atoms with van der Waals surface area (Å²) in [6.45, 7) is 5.25. The minimum absolute atomic E-state index is 0.212. The van der Waals surface area contributed by atoms with Gasteiger partial charge in [-0.3, -0.25) is 14.5 Å². The smallest absolute Gasteiger partial charge is 0.276 e. The van der Waals surface area contributed by atoms with E-state index in [0.717, 1.165) is 24.4 Å². The fraction of sp³-hybridized carbons (Fsp3) is 0.261. The average Bonchev–Trinajstić information content (AvgIpc) is 3.38. The quantitative estimate of drug-likeness (QED) is 0.423. The first-order valence-electron chi connectivity index (χ1n) is 10.4. The molecule has 0 radical (unpaired) electrons. The van der Waals surface area contributed by atoms with Crippen LogP contribution in [0.2, 0.25) is 5.02 Å². The summed E-state index contributed by atoms with van der Waals surface area (Å²) in [7, 11) is 1.75. The maximum atomic E-state index is 13.5. The van der Waals surface area contributed by atoms with Gasteiger partial charge in [-0.2, -0.15) is 5.10 Å². The SMILES string of the molecule is CCCn1nc(C)cc1CN(C)C(=O)c1nnn(-c2ccccc2Cl)c1-c1ccccn1. The molecule has 3 heterocycles. The topological polar surface area (TPSA) is 81.7 Å². The number of carbonyl (C=O) groups is 1. The Morgan fingerprint density at radius 3 is 2.66 bits per heavy atom. The van der Waals surface area contributed by atoms with Crippen molar-refractivity contribution < 1.29 is 4.79 Å². The second-order valence-electron chi connectivity index (χ2n) is 7.53. The van der Waals surface area contributed by atoms with Crippen LogP contribution in [0.5, 0.6) is 0 Å². The van der Waals surface area contributed by atoms with Crippen molar-refractivity contribution >= 4 is 17.5 Å². The van der Waals surface area contributed by atoms with Gasteiger partial charge in [-0.15, -0.1) is 5.10 Å². The summed E-state index contributed by atoms with van der Waals surface area (Å²) in [4.78, 5) is 19.5. The molecule has 0 fully saturated rings. The van der Waals surface area contributed by atoms with Gasteiger partial charge in [0.2, 0.25) is 0 Å². The Morgan fingerprint density at radius 2 is 1.94 bits per heavy atom. The summed E-state index contributed by atoms with van der Waals surface area (Å²) in [5, 5.41) is 13.5. The number of halogens is 1. The zero-order chi connectivity index (χ0) is 22.7. The van der Waals surface area contributed by atoms with Crippen LogP contribution < -0.4 is 0 Å². The van der Waals surface area contributed by atoms with Crippen molar-refractivity contribution in [1.82, 2.24) is 34.7 Å².